The van der Waals surface area contributed by atoms with Gasteiger partial charge in [0.1, 0.15) is 0 Å². The fraction of sp³-hybridized carbons (Fsp3) is 0.500. The predicted octanol–water partition coefficient (Wildman–Crippen LogP) is 3.20. The van der Waals surface area contributed by atoms with Gasteiger partial charge >= 0.3 is 0 Å². The Morgan fingerprint density at radius 2 is 2.29 bits per heavy atom. The maximum atomic E-state index is 12.4. The third-order valence-corrected chi connectivity index (χ3v) is 4.59. The number of non-ortho nitro benzene ring substituents is 1. The van der Waals surface area contributed by atoms with Gasteiger partial charge in [-0.3, -0.25) is 14.9 Å². The summed E-state index contributed by atoms with van der Waals surface area (Å²) in [5, 5.41) is 13.5. The number of nitro groups is 1. The molecule has 0 bridgehead atoms. The van der Waals surface area contributed by atoms with Gasteiger partial charge in [-0.05, 0) is 40.8 Å². The third-order valence-electron chi connectivity index (χ3n) is 3.89. The van der Waals surface area contributed by atoms with Crippen molar-refractivity contribution in [1.29, 1.82) is 0 Å². The Kier molecular flexibility index (Phi) is 4.63. The van der Waals surface area contributed by atoms with Crippen LogP contribution in [0.5, 0.6) is 0 Å². The van der Waals surface area contributed by atoms with Crippen molar-refractivity contribution in [2.45, 2.75) is 38.1 Å². The largest absolute Gasteiger partial charge is 0.323 e. The minimum atomic E-state index is -0.901. The molecule has 7 heteroatoms. The molecule has 0 radical (unpaired) electrons. The molecule has 0 aliphatic heterocycles. The molecule has 0 heterocycles. The molecule has 21 heavy (non-hydrogen) atoms. The van der Waals surface area contributed by atoms with Crippen LogP contribution in [0, 0.1) is 16.0 Å². The van der Waals surface area contributed by atoms with E-state index < -0.39 is 10.5 Å². The molecule has 6 nitrogen and oxygen atoms in total. The van der Waals surface area contributed by atoms with E-state index in [2.05, 4.69) is 28.2 Å². The summed E-state index contributed by atoms with van der Waals surface area (Å²) >= 11 is 3.28. The van der Waals surface area contributed by atoms with Gasteiger partial charge in [0.05, 0.1) is 16.1 Å². The van der Waals surface area contributed by atoms with E-state index in [1.807, 2.05) is 0 Å². The highest BCUT2D eigenvalue weighted by Gasteiger charge is 2.38. The molecule has 0 spiro atoms. The van der Waals surface area contributed by atoms with E-state index in [0.717, 1.165) is 12.8 Å². The molecular formula is C14H18BrN3O3. The number of nitrogens with one attached hydrogen (secondary N) is 1. The number of carbonyl (C=O) groups is 1. The van der Waals surface area contributed by atoms with Gasteiger partial charge in [-0.2, -0.15) is 0 Å². The number of nitro benzene ring substituents is 1. The van der Waals surface area contributed by atoms with Gasteiger partial charge in [-0.25, -0.2) is 0 Å². The summed E-state index contributed by atoms with van der Waals surface area (Å²) in [5.74, 6) is 0.123. The van der Waals surface area contributed by atoms with Crippen LogP contribution in [0.3, 0.4) is 0 Å². The summed E-state index contributed by atoms with van der Waals surface area (Å²) in [6.07, 6.45) is 3.26. The Hall–Kier alpha value is -1.47. The number of amides is 1. The summed E-state index contributed by atoms with van der Waals surface area (Å²) in [4.78, 5) is 22.8. The number of anilines is 1. The zero-order valence-corrected chi connectivity index (χ0v) is 13.4. The van der Waals surface area contributed by atoms with E-state index in [1.165, 1.54) is 12.1 Å². The van der Waals surface area contributed by atoms with E-state index in [1.54, 1.807) is 6.07 Å². The van der Waals surface area contributed by atoms with Crippen LogP contribution < -0.4 is 11.1 Å². The molecule has 2 rings (SSSR count). The molecular weight excluding hydrogens is 338 g/mol. The fourth-order valence-corrected chi connectivity index (χ4v) is 3.11. The standard InChI is InChI=1S/C14H18BrN3O3/c1-9-3-2-6-14(16,8-9)13(19)17-12-7-10(18(20)21)4-5-11(12)15/h4-5,7,9H,2-3,6,8,16H2,1H3,(H,17,19). The zero-order chi connectivity index (χ0) is 15.6. The van der Waals surface area contributed by atoms with Crippen molar-refractivity contribution in [1.82, 2.24) is 0 Å². The Labute approximate surface area is 131 Å². The molecule has 2 unspecified atom stereocenters. The highest BCUT2D eigenvalue weighted by Crippen LogP contribution is 2.33. The smallest absolute Gasteiger partial charge is 0.271 e. The number of nitrogens with two attached hydrogens (primary N) is 1. The number of nitrogens with zero attached hydrogens (tertiary/aromatic N) is 1. The van der Waals surface area contributed by atoms with Gasteiger partial charge in [-0.1, -0.05) is 19.8 Å². The first-order chi connectivity index (χ1) is 9.82. The second-order valence-electron chi connectivity index (χ2n) is 5.73. The lowest BCUT2D eigenvalue weighted by molar-refractivity contribution is -0.384. The topological polar surface area (TPSA) is 98.3 Å². The number of carbonyl (C=O) groups excluding carboxylic acids is 1. The Balaban J connectivity index is 2.19. The molecule has 114 valence electrons. The van der Waals surface area contributed by atoms with Crippen molar-refractivity contribution in [3.63, 3.8) is 0 Å². The Morgan fingerprint density at radius 3 is 2.90 bits per heavy atom. The van der Waals surface area contributed by atoms with Crippen LogP contribution in [0.2, 0.25) is 0 Å². The Bertz CT molecular complexity index is 579. The number of halogens is 1. The summed E-state index contributed by atoms with van der Waals surface area (Å²) in [6.45, 7) is 2.08. The summed E-state index contributed by atoms with van der Waals surface area (Å²) in [5.41, 5.74) is 5.63. The van der Waals surface area contributed by atoms with Gasteiger partial charge in [-0.15, -0.1) is 0 Å². The minimum absolute atomic E-state index is 0.0726. The number of benzene rings is 1. The van der Waals surface area contributed by atoms with Crippen molar-refractivity contribution in [3.05, 3.63) is 32.8 Å². The van der Waals surface area contributed by atoms with Crippen LogP contribution in [0.1, 0.15) is 32.6 Å². The van der Waals surface area contributed by atoms with Crippen LogP contribution >= 0.6 is 15.9 Å². The van der Waals surface area contributed by atoms with E-state index in [-0.39, 0.29) is 11.6 Å². The van der Waals surface area contributed by atoms with E-state index in [4.69, 9.17) is 5.73 Å². The molecule has 1 amide bonds. The summed E-state index contributed by atoms with van der Waals surface area (Å²) in [6, 6.07) is 4.25. The van der Waals surface area contributed by atoms with E-state index >= 15 is 0 Å². The lowest BCUT2D eigenvalue weighted by atomic mass is 9.76. The first-order valence-electron chi connectivity index (χ1n) is 6.86. The monoisotopic (exact) mass is 355 g/mol. The number of rotatable bonds is 3. The zero-order valence-electron chi connectivity index (χ0n) is 11.8. The van der Waals surface area contributed by atoms with Gasteiger partial charge in [0, 0.05) is 16.6 Å². The van der Waals surface area contributed by atoms with Crippen molar-refractivity contribution in [2.24, 2.45) is 11.7 Å². The van der Waals surface area contributed by atoms with E-state index in [9.17, 15) is 14.9 Å². The van der Waals surface area contributed by atoms with Crippen LogP contribution in [-0.2, 0) is 4.79 Å². The SMILES string of the molecule is CC1CCCC(N)(C(=O)Nc2cc([N+](=O)[O-])ccc2Br)C1. The third kappa shape index (κ3) is 3.59. The normalized spacial score (nSPS) is 25.4. The highest BCUT2D eigenvalue weighted by atomic mass is 79.9. The molecule has 1 aliphatic carbocycles. The molecule has 1 saturated carbocycles. The predicted molar refractivity (Wildman–Crippen MR) is 84.0 cm³/mol. The quantitative estimate of drug-likeness (QED) is 0.642. The number of hydrogen-bond donors (Lipinski definition) is 2. The van der Waals surface area contributed by atoms with Crippen LogP contribution in [0.15, 0.2) is 22.7 Å². The van der Waals surface area contributed by atoms with Gasteiger partial charge in [0.2, 0.25) is 5.91 Å². The summed E-state index contributed by atoms with van der Waals surface area (Å²) < 4.78 is 0.592. The maximum Gasteiger partial charge on any atom is 0.271 e. The van der Waals surface area contributed by atoms with E-state index in [0.29, 0.717) is 28.9 Å². The number of hydrogen-bond acceptors (Lipinski definition) is 4. The molecule has 0 saturated heterocycles. The van der Waals surface area contributed by atoms with Crippen LogP contribution in [-0.4, -0.2) is 16.4 Å². The molecule has 1 aliphatic rings. The summed E-state index contributed by atoms with van der Waals surface area (Å²) in [7, 11) is 0. The van der Waals surface area contributed by atoms with Crippen molar-refractivity contribution in [3.8, 4) is 0 Å². The van der Waals surface area contributed by atoms with Crippen LogP contribution in [0.25, 0.3) is 0 Å². The average Bonchev–Trinajstić information content (AvgIpc) is 2.40. The average molecular weight is 356 g/mol. The molecule has 2 atom stereocenters. The van der Waals surface area contributed by atoms with Gasteiger partial charge < -0.3 is 11.1 Å². The van der Waals surface area contributed by atoms with Crippen molar-refractivity contribution in [2.75, 3.05) is 5.32 Å². The molecule has 0 aromatic heterocycles. The molecule has 1 aromatic carbocycles. The lowest BCUT2D eigenvalue weighted by Crippen LogP contribution is -2.53. The van der Waals surface area contributed by atoms with Gasteiger partial charge in [0.15, 0.2) is 0 Å². The fourth-order valence-electron chi connectivity index (χ4n) is 2.77. The molecule has 1 fully saturated rings. The second-order valence-corrected chi connectivity index (χ2v) is 6.59. The highest BCUT2D eigenvalue weighted by molar-refractivity contribution is 9.10. The minimum Gasteiger partial charge on any atom is -0.323 e. The maximum absolute atomic E-state index is 12.4. The van der Waals surface area contributed by atoms with Crippen LogP contribution in [0.4, 0.5) is 11.4 Å². The second kappa shape index (κ2) is 6.11. The Morgan fingerprint density at radius 1 is 1.57 bits per heavy atom. The van der Waals surface area contributed by atoms with Gasteiger partial charge in [0.25, 0.3) is 5.69 Å². The molecule has 1 aromatic rings. The van der Waals surface area contributed by atoms with Crippen molar-refractivity contribution < 1.29 is 9.72 Å². The first kappa shape index (κ1) is 15.9. The first-order valence-corrected chi connectivity index (χ1v) is 7.65. The lowest BCUT2D eigenvalue weighted by Gasteiger charge is -2.35. The molecule has 3 N–H and O–H groups in total. The van der Waals surface area contributed by atoms with Crippen molar-refractivity contribution >= 4 is 33.2 Å².